The van der Waals surface area contributed by atoms with Crippen molar-refractivity contribution in [3.8, 4) is 0 Å². The first kappa shape index (κ1) is 15.6. The molecule has 1 saturated heterocycles. The minimum Gasteiger partial charge on any atom is -0.399 e. The van der Waals surface area contributed by atoms with Gasteiger partial charge in [-0.2, -0.15) is 0 Å². The number of halogens is 1. The highest BCUT2D eigenvalue weighted by atomic mass is 35.5. The highest BCUT2D eigenvalue weighted by Gasteiger charge is 2.37. The van der Waals surface area contributed by atoms with Crippen molar-refractivity contribution in [2.24, 2.45) is 0 Å². The maximum atomic E-state index is 12.7. The number of nitrogen functional groups attached to an aromatic ring is 1. The van der Waals surface area contributed by atoms with E-state index in [9.17, 15) is 9.59 Å². The zero-order valence-corrected chi connectivity index (χ0v) is 13.8. The van der Waals surface area contributed by atoms with Gasteiger partial charge in [-0.3, -0.25) is 9.59 Å². The van der Waals surface area contributed by atoms with Gasteiger partial charge in [-0.05, 0) is 60.2 Å². The number of amides is 2. The predicted molar refractivity (Wildman–Crippen MR) is 95.4 cm³/mol. The van der Waals surface area contributed by atoms with E-state index in [1.807, 2.05) is 19.1 Å². The van der Waals surface area contributed by atoms with Gasteiger partial charge in [-0.25, -0.2) is 4.90 Å². The van der Waals surface area contributed by atoms with Crippen molar-refractivity contribution in [3.63, 3.8) is 0 Å². The van der Waals surface area contributed by atoms with Crippen LogP contribution in [0.4, 0.5) is 16.2 Å². The van der Waals surface area contributed by atoms with Crippen LogP contribution in [0.2, 0.25) is 5.02 Å². The Morgan fingerprint density at radius 1 is 1.13 bits per heavy atom. The maximum Gasteiger partial charge on any atom is 0.298 e. The average Bonchev–Trinajstić information content (AvgIpc) is 2.82. The highest BCUT2D eigenvalue weighted by Crippen LogP contribution is 2.39. The molecule has 3 rings (SSSR count). The molecule has 1 aliphatic heterocycles. The molecular weight excluding hydrogens is 332 g/mol. The molecule has 2 amide bonds. The fraction of sp³-hybridized carbons (Fsp3) is 0.0588. The Kier molecular flexibility index (Phi) is 4.15. The Balaban J connectivity index is 2.00. The third-order valence-corrected chi connectivity index (χ3v) is 4.80. The summed E-state index contributed by atoms with van der Waals surface area (Å²) in [7, 11) is 0. The monoisotopic (exact) mass is 344 g/mol. The van der Waals surface area contributed by atoms with Crippen LogP contribution in [0.1, 0.15) is 12.5 Å². The van der Waals surface area contributed by atoms with Crippen molar-refractivity contribution in [2.75, 3.05) is 10.6 Å². The molecule has 0 atom stereocenters. The van der Waals surface area contributed by atoms with Crippen LogP contribution in [0.3, 0.4) is 0 Å². The van der Waals surface area contributed by atoms with E-state index in [2.05, 4.69) is 0 Å². The summed E-state index contributed by atoms with van der Waals surface area (Å²) >= 11 is 6.88. The Labute approximate surface area is 142 Å². The Morgan fingerprint density at radius 3 is 2.48 bits per heavy atom. The van der Waals surface area contributed by atoms with Gasteiger partial charge >= 0.3 is 0 Å². The van der Waals surface area contributed by atoms with Crippen molar-refractivity contribution in [1.29, 1.82) is 0 Å². The van der Waals surface area contributed by atoms with Crippen molar-refractivity contribution < 1.29 is 9.59 Å². The van der Waals surface area contributed by atoms with Crippen molar-refractivity contribution >= 4 is 51.5 Å². The normalized spacial score (nSPS) is 16.9. The van der Waals surface area contributed by atoms with E-state index in [-0.39, 0.29) is 11.1 Å². The highest BCUT2D eigenvalue weighted by molar-refractivity contribution is 8.19. The van der Waals surface area contributed by atoms with E-state index in [1.165, 1.54) is 0 Å². The number of rotatable bonds is 2. The summed E-state index contributed by atoms with van der Waals surface area (Å²) < 4.78 is 0. The molecule has 6 heteroatoms. The topological polar surface area (TPSA) is 63.4 Å². The lowest BCUT2D eigenvalue weighted by Crippen LogP contribution is -2.27. The van der Waals surface area contributed by atoms with Crippen molar-refractivity contribution in [3.05, 3.63) is 64.0 Å². The molecule has 23 heavy (non-hydrogen) atoms. The fourth-order valence-electron chi connectivity index (χ4n) is 2.30. The third-order valence-electron chi connectivity index (χ3n) is 3.52. The number of allylic oxidation sites excluding steroid dienone is 1. The number of imide groups is 1. The van der Waals surface area contributed by atoms with Crippen LogP contribution in [0.15, 0.2) is 53.4 Å². The zero-order valence-electron chi connectivity index (χ0n) is 12.2. The standard InChI is InChI=1S/C17H13ClN2O2S/c1-10(11-5-7-13(19)8-6-11)15-16(21)20(17(22)23-15)14-4-2-3-12(18)9-14/h2-9H,19H2,1H3/b15-10-. The second-order valence-corrected chi connectivity index (χ2v) is 6.46. The Hall–Kier alpha value is -2.24. The lowest BCUT2D eigenvalue weighted by Gasteiger charge is -2.12. The lowest BCUT2D eigenvalue weighted by atomic mass is 10.1. The molecule has 0 spiro atoms. The summed E-state index contributed by atoms with van der Waals surface area (Å²) in [5.41, 5.74) is 8.40. The Bertz CT molecular complexity index is 831. The van der Waals surface area contributed by atoms with Gasteiger partial charge < -0.3 is 5.73 Å². The van der Waals surface area contributed by atoms with Gasteiger partial charge in [0.05, 0.1) is 10.6 Å². The van der Waals surface area contributed by atoms with E-state index in [1.54, 1.807) is 36.4 Å². The van der Waals surface area contributed by atoms with Crippen LogP contribution in [-0.4, -0.2) is 11.1 Å². The van der Waals surface area contributed by atoms with Crippen LogP contribution < -0.4 is 10.6 Å². The second-order valence-electron chi connectivity index (χ2n) is 5.06. The first-order valence-electron chi connectivity index (χ1n) is 6.86. The molecule has 0 bridgehead atoms. The molecule has 116 valence electrons. The van der Waals surface area contributed by atoms with Gasteiger partial charge in [0, 0.05) is 10.7 Å². The summed E-state index contributed by atoms with van der Waals surface area (Å²) in [5.74, 6) is -0.336. The molecule has 0 aliphatic carbocycles. The smallest absolute Gasteiger partial charge is 0.298 e. The first-order chi connectivity index (χ1) is 11.0. The summed E-state index contributed by atoms with van der Waals surface area (Å²) in [6.07, 6.45) is 0. The SMILES string of the molecule is C/C(=C1/SC(=O)N(c2cccc(Cl)c2)C1=O)c1ccc(N)cc1. The fourth-order valence-corrected chi connectivity index (χ4v) is 3.39. The molecule has 1 heterocycles. The number of hydrogen-bond acceptors (Lipinski definition) is 4. The minimum absolute atomic E-state index is 0.331. The van der Waals surface area contributed by atoms with Gasteiger partial charge in [-0.1, -0.05) is 29.8 Å². The van der Waals surface area contributed by atoms with Crippen molar-refractivity contribution in [2.45, 2.75) is 6.92 Å². The quantitative estimate of drug-likeness (QED) is 0.641. The van der Waals surface area contributed by atoms with E-state index < -0.39 is 0 Å². The number of benzene rings is 2. The van der Waals surface area contributed by atoms with Crippen LogP contribution >= 0.6 is 23.4 Å². The summed E-state index contributed by atoms with van der Waals surface area (Å²) in [5, 5.41) is 0.142. The molecule has 0 saturated carbocycles. The van der Waals surface area contributed by atoms with Crippen LogP contribution in [0.25, 0.3) is 5.57 Å². The molecule has 2 aromatic carbocycles. The van der Waals surface area contributed by atoms with Gasteiger partial charge in [-0.15, -0.1) is 0 Å². The number of carbonyl (C=O) groups is 2. The van der Waals surface area contributed by atoms with Gasteiger partial charge in [0.25, 0.3) is 11.1 Å². The summed E-state index contributed by atoms with van der Waals surface area (Å²) in [6.45, 7) is 1.82. The number of carbonyl (C=O) groups excluding carboxylic acids is 2. The third kappa shape index (κ3) is 2.98. The lowest BCUT2D eigenvalue weighted by molar-refractivity contribution is -0.113. The number of anilines is 2. The van der Waals surface area contributed by atoms with Crippen LogP contribution in [0, 0.1) is 0 Å². The molecule has 0 unspecified atom stereocenters. The number of nitrogens with two attached hydrogens (primary N) is 1. The summed E-state index contributed by atoms with van der Waals surface area (Å²) in [6, 6.07) is 13.9. The van der Waals surface area contributed by atoms with E-state index in [0.29, 0.717) is 21.3 Å². The zero-order chi connectivity index (χ0) is 16.6. The van der Waals surface area contributed by atoms with Crippen LogP contribution in [-0.2, 0) is 4.79 Å². The molecule has 0 aromatic heterocycles. The molecule has 2 N–H and O–H groups in total. The predicted octanol–water partition coefficient (Wildman–Crippen LogP) is 4.55. The molecular formula is C17H13ClN2O2S. The summed E-state index contributed by atoms with van der Waals surface area (Å²) in [4.78, 5) is 26.5. The molecule has 1 aliphatic rings. The van der Waals surface area contributed by atoms with E-state index >= 15 is 0 Å². The number of nitrogens with zero attached hydrogens (tertiary/aromatic N) is 1. The van der Waals surface area contributed by atoms with E-state index in [4.69, 9.17) is 17.3 Å². The largest absolute Gasteiger partial charge is 0.399 e. The van der Waals surface area contributed by atoms with E-state index in [0.717, 1.165) is 27.8 Å². The average molecular weight is 345 g/mol. The first-order valence-corrected chi connectivity index (χ1v) is 8.05. The number of thioether (sulfide) groups is 1. The molecule has 4 nitrogen and oxygen atoms in total. The molecule has 2 aromatic rings. The maximum absolute atomic E-state index is 12.7. The van der Waals surface area contributed by atoms with Gasteiger partial charge in [0.1, 0.15) is 0 Å². The van der Waals surface area contributed by atoms with Gasteiger partial charge in [0.15, 0.2) is 0 Å². The molecule has 0 radical (unpaired) electrons. The van der Waals surface area contributed by atoms with Crippen molar-refractivity contribution in [1.82, 2.24) is 0 Å². The second kappa shape index (κ2) is 6.10. The van der Waals surface area contributed by atoms with Crippen LogP contribution in [0.5, 0.6) is 0 Å². The van der Waals surface area contributed by atoms with Gasteiger partial charge in [0.2, 0.25) is 0 Å². The minimum atomic E-state index is -0.336. The molecule has 1 fully saturated rings. The number of hydrogen-bond donors (Lipinski definition) is 1. The Morgan fingerprint density at radius 2 is 1.83 bits per heavy atom.